The van der Waals surface area contributed by atoms with Crippen molar-refractivity contribution < 1.29 is 27.8 Å². The van der Waals surface area contributed by atoms with Gasteiger partial charge in [-0.1, -0.05) is 30.3 Å². The van der Waals surface area contributed by atoms with Gasteiger partial charge < -0.3 is 20.1 Å². The molecular formula is C18H22F2N2O4. The standard InChI is InChI=1S/C18H22F2N2O4/c1-15(2,3)26-14(24)22-17-10-16(11-17,18(17,19)20)21-13(23)25-9-12-7-5-4-6-8-12/h4-8H,9-11H2,1-3H3,(H,21,23)(H,22,24). The molecule has 2 amide bonds. The highest BCUT2D eigenvalue weighted by Crippen LogP contribution is 2.70. The largest absolute Gasteiger partial charge is 0.445 e. The van der Waals surface area contributed by atoms with Gasteiger partial charge in [-0.25, -0.2) is 18.4 Å². The van der Waals surface area contributed by atoms with Gasteiger partial charge in [-0.05, 0) is 26.3 Å². The lowest BCUT2D eigenvalue weighted by Crippen LogP contribution is -2.97. The topological polar surface area (TPSA) is 76.7 Å². The molecule has 0 heterocycles. The highest BCUT2D eigenvalue weighted by Gasteiger charge is 2.90. The van der Waals surface area contributed by atoms with Crippen LogP contribution in [0.2, 0.25) is 0 Å². The zero-order valence-electron chi connectivity index (χ0n) is 14.9. The van der Waals surface area contributed by atoms with Gasteiger partial charge in [0.25, 0.3) is 5.92 Å². The summed E-state index contributed by atoms with van der Waals surface area (Å²) in [7, 11) is 0. The molecule has 3 aliphatic carbocycles. The first-order chi connectivity index (χ1) is 12.0. The molecule has 8 heteroatoms. The van der Waals surface area contributed by atoms with E-state index in [1.165, 1.54) is 0 Å². The van der Waals surface area contributed by atoms with Gasteiger partial charge in [0.2, 0.25) is 0 Å². The van der Waals surface area contributed by atoms with Gasteiger partial charge in [-0.3, -0.25) is 0 Å². The minimum absolute atomic E-state index is 0.00434. The van der Waals surface area contributed by atoms with E-state index in [0.29, 0.717) is 0 Å². The van der Waals surface area contributed by atoms with E-state index in [-0.39, 0.29) is 19.4 Å². The molecule has 0 aromatic heterocycles. The molecule has 0 saturated heterocycles. The Bertz CT molecular complexity index is 710. The second-order valence-electron chi connectivity index (χ2n) is 7.91. The van der Waals surface area contributed by atoms with Crippen molar-refractivity contribution in [2.75, 3.05) is 0 Å². The maximum Gasteiger partial charge on any atom is 0.408 e. The van der Waals surface area contributed by atoms with Crippen LogP contribution in [0, 0.1) is 0 Å². The molecule has 142 valence electrons. The fourth-order valence-electron chi connectivity index (χ4n) is 3.45. The molecule has 4 rings (SSSR count). The Hall–Kier alpha value is -2.38. The minimum Gasteiger partial charge on any atom is -0.445 e. The molecule has 0 radical (unpaired) electrons. The zero-order valence-corrected chi connectivity index (χ0v) is 14.9. The number of halogens is 2. The monoisotopic (exact) mass is 368 g/mol. The van der Waals surface area contributed by atoms with E-state index < -0.39 is 34.8 Å². The van der Waals surface area contributed by atoms with Crippen LogP contribution in [0.15, 0.2) is 30.3 Å². The van der Waals surface area contributed by atoms with Gasteiger partial charge in [0.1, 0.15) is 23.3 Å². The Morgan fingerprint density at radius 1 is 1.04 bits per heavy atom. The van der Waals surface area contributed by atoms with Crippen LogP contribution in [0.25, 0.3) is 0 Å². The first-order valence-corrected chi connectivity index (χ1v) is 8.37. The Balaban J connectivity index is 1.52. The van der Waals surface area contributed by atoms with Crippen molar-refractivity contribution in [1.82, 2.24) is 10.6 Å². The highest BCUT2D eigenvalue weighted by molar-refractivity contribution is 5.74. The van der Waals surface area contributed by atoms with Crippen molar-refractivity contribution in [3.05, 3.63) is 35.9 Å². The lowest BCUT2D eigenvalue weighted by Gasteiger charge is -2.73. The molecule has 0 atom stereocenters. The summed E-state index contributed by atoms with van der Waals surface area (Å²) in [5, 5.41) is 4.52. The van der Waals surface area contributed by atoms with E-state index in [0.717, 1.165) is 5.56 Å². The third kappa shape index (κ3) is 2.97. The van der Waals surface area contributed by atoms with Crippen molar-refractivity contribution in [1.29, 1.82) is 0 Å². The van der Waals surface area contributed by atoms with Crippen LogP contribution in [0.4, 0.5) is 18.4 Å². The van der Waals surface area contributed by atoms with Gasteiger partial charge in [0.15, 0.2) is 0 Å². The number of hydrogen-bond acceptors (Lipinski definition) is 4. The number of alkyl carbamates (subject to hydrolysis) is 2. The van der Waals surface area contributed by atoms with Crippen molar-refractivity contribution >= 4 is 12.2 Å². The Labute approximate surface area is 150 Å². The molecule has 3 aliphatic rings. The molecular weight excluding hydrogens is 346 g/mol. The summed E-state index contributed by atoms with van der Waals surface area (Å²) in [6, 6.07) is 8.93. The van der Waals surface area contributed by atoms with Crippen LogP contribution in [0.5, 0.6) is 0 Å². The van der Waals surface area contributed by atoms with Gasteiger partial charge >= 0.3 is 12.2 Å². The number of carbonyl (C=O) groups excluding carboxylic acids is 2. The molecule has 0 spiro atoms. The van der Waals surface area contributed by atoms with E-state index in [9.17, 15) is 18.4 Å². The van der Waals surface area contributed by atoms with E-state index >= 15 is 0 Å². The lowest BCUT2D eigenvalue weighted by molar-refractivity contribution is -0.328. The molecule has 2 bridgehead atoms. The zero-order chi connectivity index (χ0) is 19.2. The van der Waals surface area contributed by atoms with Crippen LogP contribution < -0.4 is 10.6 Å². The van der Waals surface area contributed by atoms with E-state index in [4.69, 9.17) is 9.47 Å². The SMILES string of the molecule is CC(C)(C)OC(=O)NC12CC(NC(=O)OCc3ccccc3)(C1)C2(F)F. The minimum atomic E-state index is -3.26. The average Bonchev–Trinajstić information content (AvgIpc) is 2.50. The van der Waals surface area contributed by atoms with Gasteiger partial charge in [-0.2, -0.15) is 0 Å². The summed E-state index contributed by atoms with van der Waals surface area (Å²) in [4.78, 5) is 23.7. The summed E-state index contributed by atoms with van der Waals surface area (Å²) in [6.45, 7) is 4.95. The maximum absolute atomic E-state index is 14.5. The molecule has 3 saturated carbocycles. The number of hydrogen-bond donors (Lipinski definition) is 2. The fraction of sp³-hybridized carbons (Fsp3) is 0.556. The number of alkyl halides is 2. The molecule has 2 N–H and O–H groups in total. The normalized spacial score (nSPS) is 28.2. The van der Waals surface area contributed by atoms with Gasteiger partial charge in [0, 0.05) is 12.8 Å². The average molecular weight is 368 g/mol. The van der Waals surface area contributed by atoms with Gasteiger partial charge in [-0.15, -0.1) is 0 Å². The Kier molecular flexibility index (Phi) is 4.12. The van der Waals surface area contributed by atoms with Gasteiger partial charge in [0.05, 0.1) is 0 Å². The molecule has 1 aromatic rings. The van der Waals surface area contributed by atoms with Crippen LogP contribution in [0.3, 0.4) is 0 Å². The number of benzene rings is 1. The molecule has 0 unspecified atom stereocenters. The molecule has 0 aliphatic heterocycles. The van der Waals surface area contributed by atoms with E-state index in [1.807, 2.05) is 6.07 Å². The van der Waals surface area contributed by atoms with E-state index in [2.05, 4.69) is 10.6 Å². The predicted molar refractivity (Wildman–Crippen MR) is 88.8 cm³/mol. The van der Waals surface area contributed by atoms with Crippen molar-refractivity contribution in [3.63, 3.8) is 0 Å². The molecule has 6 nitrogen and oxygen atoms in total. The van der Waals surface area contributed by atoms with Crippen LogP contribution in [-0.2, 0) is 16.1 Å². The lowest BCUT2D eigenvalue weighted by atomic mass is 9.41. The summed E-state index contributed by atoms with van der Waals surface area (Å²) in [5.41, 5.74) is -3.35. The quantitative estimate of drug-likeness (QED) is 0.854. The van der Waals surface area contributed by atoms with Crippen LogP contribution in [-0.4, -0.2) is 34.8 Å². The molecule has 3 fully saturated rings. The Morgan fingerprint density at radius 2 is 1.58 bits per heavy atom. The summed E-state index contributed by atoms with van der Waals surface area (Å²) in [6.07, 6.45) is -1.92. The van der Waals surface area contributed by atoms with Crippen molar-refractivity contribution in [2.24, 2.45) is 0 Å². The fourth-order valence-corrected chi connectivity index (χ4v) is 3.45. The second kappa shape index (κ2) is 5.82. The third-order valence-corrected chi connectivity index (χ3v) is 4.70. The van der Waals surface area contributed by atoms with Crippen LogP contribution in [0.1, 0.15) is 39.2 Å². The number of rotatable bonds is 4. The number of amides is 2. The summed E-state index contributed by atoms with van der Waals surface area (Å²) < 4.78 is 39.0. The second-order valence-corrected chi connectivity index (χ2v) is 7.91. The van der Waals surface area contributed by atoms with Crippen molar-refractivity contribution in [3.8, 4) is 0 Å². The smallest absolute Gasteiger partial charge is 0.408 e. The van der Waals surface area contributed by atoms with E-state index in [1.54, 1.807) is 45.0 Å². The number of ether oxygens (including phenoxy) is 2. The first kappa shape index (κ1) is 18.4. The number of nitrogens with one attached hydrogen (secondary N) is 2. The van der Waals surface area contributed by atoms with Crippen LogP contribution >= 0.6 is 0 Å². The molecule has 26 heavy (non-hydrogen) atoms. The maximum atomic E-state index is 14.5. The first-order valence-electron chi connectivity index (χ1n) is 8.37. The predicted octanol–water partition coefficient (Wildman–Crippen LogP) is 3.36. The number of carbonyl (C=O) groups is 2. The van der Waals surface area contributed by atoms with Crippen molar-refractivity contribution in [2.45, 2.75) is 62.8 Å². The third-order valence-electron chi connectivity index (χ3n) is 4.70. The highest BCUT2D eigenvalue weighted by atomic mass is 19.3. The summed E-state index contributed by atoms with van der Waals surface area (Å²) >= 11 is 0. The molecule has 1 aromatic carbocycles. The summed E-state index contributed by atoms with van der Waals surface area (Å²) in [5.74, 6) is -3.26. The Morgan fingerprint density at radius 3 is 2.08 bits per heavy atom.